The van der Waals surface area contributed by atoms with Crippen LogP contribution in [0, 0.1) is 0 Å². The zero-order chi connectivity index (χ0) is 17.0. The SMILES string of the molecule is CN=C(NCCCCSc1ccccc1Br)NCc1ccccn1.I. The van der Waals surface area contributed by atoms with Crippen LogP contribution < -0.4 is 10.6 Å². The van der Waals surface area contributed by atoms with Crippen molar-refractivity contribution in [1.82, 2.24) is 15.6 Å². The van der Waals surface area contributed by atoms with E-state index in [-0.39, 0.29) is 24.0 Å². The number of benzene rings is 1. The second-order valence-corrected chi connectivity index (χ2v) is 7.15. The third-order valence-corrected chi connectivity index (χ3v) is 5.46. The van der Waals surface area contributed by atoms with Gasteiger partial charge in [-0.1, -0.05) is 18.2 Å². The van der Waals surface area contributed by atoms with Gasteiger partial charge in [0.1, 0.15) is 0 Å². The molecule has 25 heavy (non-hydrogen) atoms. The van der Waals surface area contributed by atoms with Gasteiger partial charge in [0.2, 0.25) is 0 Å². The van der Waals surface area contributed by atoms with Gasteiger partial charge in [-0.2, -0.15) is 0 Å². The molecular weight excluding hydrogens is 511 g/mol. The van der Waals surface area contributed by atoms with Crippen LogP contribution in [0.4, 0.5) is 0 Å². The van der Waals surface area contributed by atoms with Crippen molar-refractivity contribution < 1.29 is 0 Å². The van der Waals surface area contributed by atoms with E-state index in [0.717, 1.165) is 36.8 Å². The van der Waals surface area contributed by atoms with Gasteiger partial charge in [-0.05, 0) is 58.8 Å². The molecule has 136 valence electrons. The summed E-state index contributed by atoms with van der Waals surface area (Å²) in [5, 5.41) is 6.62. The van der Waals surface area contributed by atoms with E-state index in [1.54, 1.807) is 13.2 Å². The van der Waals surface area contributed by atoms with Crippen LogP contribution in [-0.4, -0.2) is 30.3 Å². The first-order valence-electron chi connectivity index (χ1n) is 8.01. The molecule has 1 aromatic carbocycles. The van der Waals surface area contributed by atoms with Gasteiger partial charge in [-0.3, -0.25) is 9.98 Å². The molecule has 4 nitrogen and oxygen atoms in total. The maximum Gasteiger partial charge on any atom is 0.191 e. The summed E-state index contributed by atoms with van der Waals surface area (Å²) in [6.07, 6.45) is 4.08. The van der Waals surface area contributed by atoms with Crippen LogP contribution in [0.1, 0.15) is 18.5 Å². The Hall–Kier alpha value is -0.800. The Morgan fingerprint density at radius 3 is 2.64 bits per heavy atom. The maximum absolute atomic E-state index is 4.29. The molecule has 2 N–H and O–H groups in total. The first-order valence-corrected chi connectivity index (χ1v) is 9.79. The highest BCUT2D eigenvalue weighted by atomic mass is 127. The third kappa shape index (κ3) is 8.91. The molecule has 0 aliphatic carbocycles. The topological polar surface area (TPSA) is 49.3 Å². The molecule has 0 unspecified atom stereocenters. The number of halogens is 2. The van der Waals surface area contributed by atoms with Gasteiger partial charge in [0.15, 0.2) is 5.96 Å². The first-order chi connectivity index (χ1) is 11.8. The third-order valence-electron chi connectivity index (χ3n) is 3.34. The molecule has 0 saturated carbocycles. The Morgan fingerprint density at radius 2 is 1.92 bits per heavy atom. The minimum Gasteiger partial charge on any atom is -0.356 e. The first kappa shape index (κ1) is 22.2. The summed E-state index contributed by atoms with van der Waals surface area (Å²) in [4.78, 5) is 9.83. The van der Waals surface area contributed by atoms with Gasteiger partial charge in [-0.15, -0.1) is 35.7 Å². The van der Waals surface area contributed by atoms with Gasteiger partial charge in [-0.25, -0.2) is 0 Å². The Balaban J connectivity index is 0.00000312. The molecule has 0 radical (unpaired) electrons. The number of hydrogen-bond donors (Lipinski definition) is 2. The summed E-state index contributed by atoms with van der Waals surface area (Å²) in [6, 6.07) is 14.3. The second kappa shape index (κ2) is 13.4. The quantitative estimate of drug-likeness (QED) is 0.169. The largest absolute Gasteiger partial charge is 0.356 e. The number of unbranched alkanes of at least 4 members (excludes halogenated alkanes) is 1. The minimum atomic E-state index is 0. The zero-order valence-electron chi connectivity index (χ0n) is 14.2. The molecule has 7 heteroatoms. The number of hydrogen-bond acceptors (Lipinski definition) is 3. The van der Waals surface area contributed by atoms with Crippen molar-refractivity contribution in [3.05, 3.63) is 58.8 Å². The highest BCUT2D eigenvalue weighted by molar-refractivity contribution is 14.0. The molecular formula is C18H24BrIN4S. The van der Waals surface area contributed by atoms with Crippen molar-refractivity contribution in [1.29, 1.82) is 0 Å². The predicted molar refractivity (Wildman–Crippen MR) is 122 cm³/mol. The fraction of sp³-hybridized carbons (Fsp3) is 0.333. The molecule has 2 aromatic rings. The lowest BCUT2D eigenvalue weighted by atomic mass is 10.3. The predicted octanol–water partition coefficient (Wildman–Crippen LogP) is 4.70. The van der Waals surface area contributed by atoms with E-state index in [9.17, 15) is 0 Å². The van der Waals surface area contributed by atoms with E-state index in [4.69, 9.17) is 0 Å². The van der Waals surface area contributed by atoms with Crippen LogP contribution in [0.3, 0.4) is 0 Å². The van der Waals surface area contributed by atoms with Gasteiger partial charge in [0, 0.05) is 29.2 Å². The van der Waals surface area contributed by atoms with Crippen LogP contribution in [0.15, 0.2) is 63.0 Å². The molecule has 0 amide bonds. The lowest BCUT2D eigenvalue weighted by Gasteiger charge is -2.11. The molecule has 0 atom stereocenters. The molecule has 0 saturated heterocycles. The van der Waals surface area contributed by atoms with Crippen LogP contribution in [0.2, 0.25) is 0 Å². The lowest BCUT2D eigenvalue weighted by Crippen LogP contribution is -2.37. The van der Waals surface area contributed by atoms with Crippen LogP contribution in [0.5, 0.6) is 0 Å². The molecule has 0 aliphatic heterocycles. The van der Waals surface area contributed by atoms with Gasteiger partial charge < -0.3 is 10.6 Å². The minimum absolute atomic E-state index is 0. The lowest BCUT2D eigenvalue weighted by molar-refractivity contribution is 0.729. The van der Waals surface area contributed by atoms with E-state index in [2.05, 4.69) is 54.7 Å². The average Bonchev–Trinajstić information content (AvgIpc) is 2.62. The number of nitrogens with zero attached hydrogens (tertiary/aromatic N) is 2. The average molecular weight is 535 g/mol. The van der Waals surface area contributed by atoms with Crippen LogP contribution in [-0.2, 0) is 6.54 Å². The number of rotatable bonds is 8. The van der Waals surface area contributed by atoms with Crippen molar-refractivity contribution in [2.24, 2.45) is 4.99 Å². The highest BCUT2D eigenvalue weighted by Gasteiger charge is 2.00. The smallest absolute Gasteiger partial charge is 0.191 e. The molecule has 0 bridgehead atoms. The summed E-state index contributed by atoms with van der Waals surface area (Å²) >= 11 is 5.47. The van der Waals surface area contributed by atoms with Gasteiger partial charge in [0.25, 0.3) is 0 Å². The molecule has 1 heterocycles. The number of pyridine rings is 1. The standard InChI is InChI=1S/C18H23BrN4S.HI/c1-20-18(23-14-15-8-4-5-11-21-15)22-12-6-7-13-24-17-10-3-2-9-16(17)19;/h2-5,8-11H,6-7,12-14H2,1H3,(H2,20,22,23);1H. The Kier molecular flexibility index (Phi) is 11.9. The normalized spacial score (nSPS) is 10.9. The number of aliphatic imine (C=N–C) groups is 1. The zero-order valence-corrected chi connectivity index (χ0v) is 19.0. The summed E-state index contributed by atoms with van der Waals surface area (Å²) in [5.41, 5.74) is 1.00. The number of nitrogens with one attached hydrogen (secondary N) is 2. The Labute approximate surface area is 179 Å². The molecule has 2 rings (SSSR count). The summed E-state index contributed by atoms with van der Waals surface area (Å²) < 4.78 is 1.17. The maximum atomic E-state index is 4.29. The fourth-order valence-electron chi connectivity index (χ4n) is 2.08. The molecule has 0 spiro atoms. The Morgan fingerprint density at radius 1 is 1.12 bits per heavy atom. The second-order valence-electron chi connectivity index (χ2n) is 5.16. The summed E-state index contributed by atoms with van der Waals surface area (Å²) in [7, 11) is 1.79. The van der Waals surface area contributed by atoms with Gasteiger partial charge in [0.05, 0.1) is 12.2 Å². The monoisotopic (exact) mass is 534 g/mol. The van der Waals surface area contributed by atoms with E-state index < -0.39 is 0 Å². The van der Waals surface area contributed by atoms with Crippen molar-refractivity contribution in [3.8, 4) is 0 Å². The number of guanidine groups is 1. The van der Waals surface area contributed by atoms with E-state index in [1.807, 2.05) is 36.0 Å². The van der Waals surface area contributed by atoms with Crippen molar-refractivity contribution >= 4 is 57.6 Å². The van der Waals surface area contributed by atoms with Crippen LogP contribution in [0.25, 0.3) is 0 Å². The molecule has 0 fully saturated rings. The van der Waals surface area contributed by atoms with Crippen molar-refractivity contribution in [3.63, 3.8) is 0 Å². The molecule has 0 aliphatic rings. The number of aromatic nitrogens is 1. The van der Waals surface area contributed by atoms with Crippen molar-refractivity contribution in [2.75, 3.05) is 19.3 Å². The van der Waals surface area contributed by atoms with Gasteiger partial charge >= 0.3 is 0 Å². The van der Waals surface area contributed by atoms with E-state index in [0.29, 0.717) is 6.54 Å². The van der Waals surface area contributed by atoms with Crippen molar-refractivity contribution in [2.45, 2.75) is 24.3 Å². The fourth-order valence-corrected chi connectivity index (χ4v) is 3.65. The molecule has 1 aromatic heterocycles. The highest BCUT2D eigenvalue weighted by Crippen LogP contribution is 2.27. The summed E-state index contributed by atoms with van der Waals surface area (Å²) in [6.45, 7) is 1.59. The van der Waals surface area contributed by atoms with E-state index in [1.165, 1.54) is 9.37 Å². The summed E-state index contributed by atoms with van der Waals surface area (Å²) in [5.74, 6) is 1.93. The number of thioether (sulfide) groups is 1. The van der Waals surface area contributed by atoms with E-state index >= 15 is 0 Å². The van der Waals surface area contributed by atoms with Crippen LogP contribution >= 0.6 is 51.7 Å². The Bertz CT molecular complexity index is 640.